The molecule has 1 aromatic carbocycles. The maximum Gasteiger partial charge on any atom is 0.254 e. The number of methoxy groups -OCH3 is 1. The zero-order chi connectivity index (χ0) is 17.5. The number of hydrogen-bond donors (Lipinski definition) is 1. The Morgan fingerprint density at radius 2 is 2.21 bits per heavy atom. The van der Waals surface area contributed by atoms with Crippen LogP contribution < -0.4 is 10.1 Å². The molecular formula is C19H28N2O3. The lowest BCUT2D eigenvalue weighted by atomic mass is 9.96. The molecule has 1 aliphatic heterocycles. The summed E-state index contributed by atoms with van der Waals surface area (Å²) in [7, 11) is 1.59. The van der Waals surface area contributed by atoms with E-state index in [9.17, 15) is 9.59 Å². The summed E-state index contributed by atoms with van der Waals surface area (Å²) in [5, 5.41) is 3.07. The van der Waals surface area contributed by atoms with Gasteiger partial charge in [0, 0.05) is 24.7 Å². The second-order valence-corrected chi connectivity index (χ2v) is 6.52. The van der Waals surface area contributed by atoms with Gasteiger partial charge in [0.2, 0.25) is 5.91 Å². The van der Waals surface area contributed by atoms with Crippen molar-refractivity contribution in [2.24, 2.45) is 5.92 Å². The predicted octanol–water partition coefficient (Wildman–Crippen LogP) is 2.85. The first kappa shape index (κ1) is 18.3. The summed E-state index contributed by atoms with van der Waals surface area (Å²) in [6.45, 7) is 5.33. The highest BCUT2D eigenvalue weighted by Crippen LogP contribution is 2.21. The third-order valence-corrected chi connectivity index (χ3v) is 4.51. The van der Waals surface area contributed by atoms with Crippen molar-refractivity contribution in [1.82, 2.24) is 10.2 Å². The number of amides is 2. The minimum atomic E-state index is -0.118. The van der Waals surface area contributed by atoms with Crippen molar-refractivity contribution < 1.29 is 14.3 Å². The average Bonchev–Trinajstić information content (AvgIpc) is 2.61. The summed E-state index contributed by atoms with van der Waals surface area (Å²) in [6, 6.07) is 7.35. The summed E-state index contributed by atoms with van der Waals surface area (Å²) in [5.74, 6) is 0.584. The Morgan fingerprint density at radius 1 is 1.42 bits per heavy atom. The first-order valence-electron chi connectivity index (χ1n) is 8.78. The third kappa shape index (κ3) is 4.73. The van der Waals surface area contributed by atoms with Gasteiger partial charge in [-0.25, -0.2) is 0 Å². The van der Waals surface area contributed by atoms with Crippen LogP contribution in [0.1, 0.15) is 49.9 Å². The quantitative estimate of drug-likeness (QED) is 0.871. The fourth-order valence-corrected chi connectivity index (χ4v) is 3.18. The van der Waals surface area contributed by atoms with Crippen LogP contribution in [0.3, 0.4) is 0 Å². The molecule has 24 heavy (non-hydrogen) atoms. The molecule has 5 heteroatoms. The van der Waals surface area contributed by atoms with E-state index in [1.807, 2.05) is 19.1 Å². The van der Waals surface area contributed by atoms with Crippen LogP contribution in [0.15, 0.2) is 24.3 Å². The van der Waals surface area contributed by atoms with Crippen molar-refractivity contribution in [1.29, 1.82) is 0 Å². The average molecular weight is 332 g/mol. The van der Waals surface area contributed by atoms with Crippen LogP contribution in [0.2, 0.25) is 0 Å². The Bertz CT molecular complexity index is 573. The molecule has 0 unspecified atom stereocenters. The number of nitrogens with zero attached hydrogens (tertiary/aromatic N) is 1. The highest BCUT2D eigenvalue weighted by molar-refractivity contribution is 5.95. The van der Waals surface area contributed by atoms with Crippen LogP contribution >= 0.6 is 0 Å². The van der Waals surface area contributed by atoms with E-state index in [0.717, 1.165) is 25.7 Å². The fourth-order valence-electron chi connectivity index (χ4n) is 3.18. The molecule has 1 saturated heterocycles. The van der Waals surface area contributed by atoms with Gasteiger partial charge in [-0.1, -0.05) is 19.4 Å². The molecule has 5 nitrogen and oxygen atoms in total. The van der Waals surface area contributed by atoms with E-state index >= 15 is 0 Å². The van der Waals surface area contributed by atoms with Gasteiger partial charge in [-0.2, -0.15) is 0 Å². The summed E-state index contributed by atoms with van der Waals surface area (Å²) in [6.07, 6.45) is 3.72. The number of ether oxygens (including phenoxy) is 1. The number of carbonyl (C=O) groups excluding carboxylic acids is 2. The molecule has 0 bridgehead atoms. The highest BCUT2D eigenvalue weighted by atomic mass is 16.5. The van der Waals surface area contributed by atoms with E-state index in [0.29, 0.717) is 24.4 Å². The Kier molecular flexibility index (Phi) is 6.64. The molecule has 0 saturated carbocycles. The first-order chi connectivity index (χ1) is 11.5. The van der Waals surface area contributed by atoms with Crippen molar-refractivity contribution >= 4 is 11.8 Å². The van der Waals surface area contributed by atoms with Crippen LogP contribution in [0, 0.1) is 5.92 Å². The highest BCUT2D eigenvalue weighted by Gasteiger charge is 2.29. The SMILES string of the molecule is CCC[C@H](C)NC(=O)[C@@H]1CCCN(C(=O)c2cccc(OC)c2)C1. The molecule has 1 fully saturated rings. The van der Waals surface area contributed by atoms with E-state index < -0.39 is 0 Å². The Hall–Kier alpha value is -2.04. The standard InChI is InChI=1S/C19H28N2O3/c1-4-7-14(2)20-18(22)16-9-6-11-21(13-16)19(23)15-8-5-10-17(12-15)24-3/h5,8,10,12,14,16H,4,6-7,9,11,13H2,1-3H3,(H,20,22)/t14-,16+/m0/s1. The van der Waals surface area contributed by atoms with Crippen molar-refractivity contribution in [2.45, 2.75) is 45.6 Å². The largest absolute Gasteiger partial charge is 0.497 e. The second-order valence-electron chi connectivity index (χ2n) is 6.52. The molecule has 0 aromatic heterocycles. The molecule has 2 atom stereocenters. The smallest absolute Gasteiger partial charge is 0.254 e. The van der Waals surface area contributed by atoms with Crippen molar-refractivity contribution in [3.05, 3.63) is 29.8 Å². The molecule has 0 radical (unpaired) electrons. The van der Waals surface area contributed by atoms with Crippen LogP contribution in [0.25, 0.3) is 0 Å². The normalized spacial score (nSPS) is 18.8. The molecule has 2 rings (SSSR count). The summed E-state index contributed by atoms with van der Waals surface area (Å²) in [5.41, 5.74) is 0.606. The topological polar surface area (TPSA) is 58.6 Å². The molecule has 1 aromatic rings. The van der Waals surface area contributed by atoms with Crippen molar-refractivity contribution in [2.75, 3.05) is 20.2 Å². The molecule has 2 amide bonds. The molecule has 132 valence electrons. The molecule has 0 spiro atoms. The lowest BCUT2D eigenvalue weighted by Crippen LogP contribution is -2.47. The van der Waals surface area contributed by atoms with Gasteiger partial charge in [0.25, 0.3) is 5.91 Å². The van der Waals surface area contributed by atoms with Gasteiger partial charge >= 0.3 is 0 Å². The number of rotatable bonds is 6. The van der Waals surface area contributed by atoms with Gasteiger partial charge in [-0.15, -0.1) is 0 Å². The first-order valence-corrected chi connectivity index (χ1v) is 8.78. The van der Waals surface area contributed by atoms with E-state index in [1.54, 1.807) is 24.1 Å². The van der Waals surface area contributed by atoms with Crippen molar-refractivity contribution in [3.8, 4) is 5.75 Å². The Morgan fingerprint density at radius 3 is 2.92 bits per heavy atom. The van der Waals surface area contributed by atoms with Crippen LogP contribution in [0.5, 0.6) is 5.75 Å². The van der Waals surface area contributed by atoms with Gasteiger partial charge in [0.05, 0.1) is 13.0 Å². The van der Waals surface area contributed by atoms with Gasteiger partial charge in [-0.05, 0) is 44.4 Å². The maximum absolute atomic E-state index is 12.7. The second kappa shape index (κ2) is 8.71. The summed E-state index contributed by atoms with van der Waals surface area (Å²) >= 11 is 0. The number of likely N-dealkylation sites (tertiary alicyclic amines) is 1. The zero-order valence-electron chi connectivity index (χ0n) is 14.9. The van der Waals surface area contributed by atoms with E-state index in [1.165, 1.54) is 0 Å². The van der Waals surface area contributed by atoms with Crippen molar-refractivity contribution in [3.63, 3.8) is 0 Å². The lowest BCUT2D eigenvalue weighted by molar-refractivity contribution is -0.127. The predicted molar refractivity (Wildman–Crippen MR) is 94.1 cm³/mol. The van der Waals surface area contributed by atoms with Gasteiger partial charge in [-0.3, -0.25) is 9.59 Å². The molecule has 1 aliphatic rings. The lowest BCUT2D eigenvalue weighted by Gasteiger charge is -2.32. The third-order valence-electron chi connectivity index (χ3n) is 4.51. The van der Waals surface area contributed by atoms with E-state index in [-0.39, 0.29) is 23.8 Å². The number of carbonyl (C=O) groups is 2. The molecule has 1 N–H and O–H groups in total. The molecule has 1 heterocycles. The summed E-state index contributed by atoms with van der Waals surface area (Å²) in [4.78, 5) is 26.9. The minimum Gasteiger partial charge on any atom is -0.497 e. The monoisotopic (exact) mass is 332 g/mol. The Labute approximate surface area is 144 Å². The molecular weight excluding hydrogens is 304 g/mol. The fraction of sp³-hybridized carbons (Fsp3) is 0.579. The number of nitrogens with one attached hydrogen (secondary N) is 1. The number of benzene rings is 1. The van der Waals surface area contributed by atoms with Crippen LogP contribution in [-0.4, -0.2) is 43.0 Å². The van der Waals surface area contributed by atoms with Crippen LogP contribution in [-0.2, 0) is 4.79 Å². The van der Waals surface area contributed by atoms with E-state index in [4.69, 9.17) is 4.74 Å². The minimum absolute atomic E-state index is 0.0343. The van der Waals surface area contributed by atoms with Crippen LogP contribution in [0.4, 0.5) is 0 Å². The summed E-state index contributed by atoms with van der Waals surface area (Å²) < 4.78 is 5.18. The number of hydrogen-bond acceptors (Lipinski definition) is 3. The number of piperidine rings is 1. The van der Waals surface area contributed by atoms with Gasteiger partial charge < -0.3 is 15.0 Å². The zero-order valence-corrected chi connectivity index (χ0v) is 14.9. The Balaban J connectivity index is 1.99. The van der Waals surface area contributed by atoms with Gasteiger partial charge in [0.15, 0.2) is 0 Å². The van der Waals surface area contributed by atoms with Gasteiger partial charge in [0.1, 0.15) is 5.75 Å². The van der Waals surface area contributed by atoms with E-state index in [2.05, 4.69) is 12.2 Å². The molecule has 0 aliphatic carbocycles. The maximum atomic E-state index is 12.7.